The molecule has 1 amide bonds. The zero-order valence-corrected chi connectivity index (χ0v) is 14.7. The Morgan fingerprint density at radius 1 is 1.19 bits per heavy atom. The van der Waals surface area contributed by atoms with Crippen LogP contribution in [0.2, 0.25) is 0 Å². The third-order valence-corrected chi connectivity index (χ3v) is 3.89. The van der Waals surface area contributed by atoms with Crippen molar-refractivity contribution in [2.45, 2.75) is 6.92 Å². The number of rotatable bonds is 3. The van der Waals surface area contributed by atoms with Gasteiger partial charge in [-0.2, -0.15) is 0 Å². The number of anilines is 1. The second-order valence-electron chi connectivity index (χ2n) is 4.47. The number of halogens is 2. The molecule has 108 valence electrons. The molecule has 2 aromatic rings. The van der Waals surface area contributed by atoms with Crippen LogP contribution in [0, 0.1) is 10.5 Å². The Kier molecular flexibility index (Phi) is 5.00. The van der Waals surface area contributed by atoms with Crippen molar-refractivity contribution >= 4 is 56.1 Å². The van der Waals surface area contributed by atoms with Crippen molar-refractivity contribution in [3.8, 4) is 0 Å². The SMILES string of the molecule is Cc1cc(Br)cc(C(=O)Nc2ccc(I)cc2C(=O)O)c1. The summed E-state index contributed by atoms with van der Waals surface area (Å²) in [6.07, 6.45) is 0. The maximum Gasteiger partial charge on any atom is 0.337 e. The van der Waals surface area contributed by atoms with Gasteiger partial charge in [0.25, 0.3) is 5.91 Å². The molecule has 0 spiro atoms. The third kappa shape index (κ3) is 4.04. The topological polar surface area (TPSA) is 66.4 Å². The lowest BCUT2D eigenvalue weighted by atomic mass is 10.1. The van der Waals surface area contributed by atoms with Crippen molar-refractivity contribution in [3.63, 3.8) is 0 Å². The van der Waals surface area contributed by atoms with Crippen molar-refractivity contribution in [3.05, 3.63) is 61.1 Å². The van der Waals surface area contributed by atoms with Gasteiger partial charge in [-0.3, -0.25) is 4.79 Å². The zero-order valence-electron chi connectivity index (χ0n) is 11.0. The van der Waals surface area contributed by atoms with Crippen molar-refractivity contribution in [1.82, 2.24) is 0 Å². The highest BCUT2D eigenvalue weighted by atomic mass is 127. The third-order valence-electron chi connectivity index (χ3n) is 2.76. The molecule has 0 aliphatic carbocycles. The first-order valence-electron chi connectivity index (χ1n) is 5.98. The molecule has 2 aromatic carbocycles. The van der Waals surface area contributed by atoms with Gasteiger partial charge in [-0.15, -0.1) is 0 Å². The number of nitrogens with one attached hydrogen (secondary N) is 1. The van der Waals surface area contributed by atoms with Gasteiger partial charge in [-0.1, -0.05) is 15.9 Å². The molecule has 21 heavy (non-hydrogen) atoms. The fourth-order valence-electron chi connectivity index (χ4n) is 1.86. The summed E-state index contributed by atoms with van der Waals surface area (Å²) in [6, 6.07) is 10.2. The summed E-state index contributed by atoms with van der Waals surface area (Å²) in [5, 5.41) is 11.8. The summed E-state index contributed by atoms with van der Waals surface area (Å²) in [4.78, 5) is 23.5. The molecule has 0 aromatic heterocycles. The molecule has 0 unspecified atom stereocenters. The average molecular weight is 460 g/mol. The Labute approximate surface area is 143 Å². The van der Waals surface area contributed by atoms with E-state index < -0.39 is 5.97 Å². The lowest BCUT2D eigenvalue weighted by Gasteiger charge is -2.10. The van der Waals surface area contributed by atoms with E-state index in [4.69, 9.17) is 0 Å². The highest BCUT2D eigenvalue weighted by molar-refractivity contribution is 14.1. The van der Waals surface area contributed by atoms with Crippen molar-refractivity contribution in [2.24, 2.45) is 0 Å². The van der Waals surface area contributed by atoms with Crippen LogP contribution < -0.4 is 5.32 Å². The number of hydrogen-bond acceptors (Lipinski definition) is 2. The number of amides is 1. The second kappa shape index (κ2) is 6.57. The predicted molar refractivity (Wildman–Crippen MR) is 93.0 cm³/mol. The van der Waals surface area contributed by atoms with E-state index in [1.165, 1.54) is 6.07 Å². The Hall–Kier alpha value is -1.41. The summed E-state index contributed by atoms with van der Waals surface area (Å²) >= 11 is 5.37. The molecule has 0 saturated carbocycles. The lowest BCUT2D eigenvalue weighted by molar-refractivity contribution is 0.0698. The first-order valence-corrected chi connectivity index (χ1v) is 7.85. The molecule has 2 rings (SSSR count). The van der Waals surface area contributed by atoms with Crippen molar-refractivity contribution in [1.29, 1.82) is 0 Å². The van der Waals surface area contributed by atoms with Gasteiger partial charge in [-0.25, -0.2) is 4.79 Å². The monoisotopic (exact) mass is 459 g/mol. The summed E-state index contributed by atoms with van der Waals surface area (Å²) in [6.45, 7) is 1.88. The summed E-state index contributed by atoms with van der Waals surface area (Å²) in [5.41, 5.74) is 1.76. The summed E-state index contributed by atoms with van der Waals surface area (Å²) in [5.74, 6) is -1.42. The van der Waals surface area contributed by atoms with Crippen LogP contribution in [0.25, 0.3) is 0 Å². The number of aryl methyl sites for hydroxylation is 1. The second-order valence-corrected chi connectivity index (χ2v) is 6.63. The van der Waals surface area contributed by atoms with E-state index in [0.717, 1.165) is 13.6 Å². The van der Waals surface area contributed by atoms with Crippen LogP contribution in [-0.2, 0) is 0 Å². The van der Waals surface area contributed by atoms with Crippen LogP contribution in [0.3, 0.4) is 0 Å². The Morgan fingerprint density at radius 2 is 1.90 bits per heavy atom. The van der Waals surface area contributed by atoms with Gasteiger partial charge >= 0.3 is 5.97 Å². The van der Waals surface area contributed by atoms with E-state index in [0.29, 0.717) is 5.56 Å². The van der Waals surface area contributed by atoms with Gasteiger partial charge in [0.05, 0.1) is 11.3 Å². The van der Waals surface area contributed by atoms with Gasteiger partial charge in [0.2, 0.25) is 0 Å². The van der Waals surface area contributed by atoms with Crippen LogP contribution in [-0.4, -0.2) is 17.0 Å². The average Bonchev–Trinajstić information content (AvgIpc) is 2.39. The number of carboxylic acids is 1. The number of carboxylic acid groups (broad SMARTS) is 1. The molecule has 6 heteroatoms. The molecule has 0 atom stereocenters. The minimum absolute atomic E-state index is 0.0713. The van der Waals surface area contributed by atoms with Crippen LogP contribution in [0.4, 0.5) is 5.69 Å². The van der Waals surface area contributed by atoms with Crippen molar-refractivity contribution in [2.75, 3.05) is 5.32 Å². The fraction of sp³-hybridized carbons (Fsp3) is 0.0667. The van der Waals surface area contributed by atoms with Crippen LogP contribution in [0.5, 0.6) is 0 Å². The molecule has 2 N–H and O–H groups in total. The van der Waals surface area contributed by atoms with Gasteiger partial charge in [0.1, 0.15) is 0 Å². The molecule has 0 radical (unpaired) electrons. The first-order chi connectivity index (χ1) is 9.86. The first kappa shape index (κ1) is 16.0. The molecule has 0 aliphatic rings. The maximum atomic E-state index is 12.3. The van der Waals surface area contributed by atoms with Crippen molar-refractivity contribution < 1.29 is 14.7 Å². The van der Waals surface area contributed by atoms with Gasteiger partial charge in [0.15, 0.2) is 0 Å². The van der Waals surface area contributed by atoms with E-state index >= 15 is 0 Å². The Balaban J connectivity index is 2.33. The summed E-state index contributed by atoms with van der Waals surface area (Å²) in [7, 11) is 0. The maximum absolute atomic E-state index is 12.3. The number of aromatic carboxylic acids is 1. The standard InChI is InChI=1S/C15H11BrINO3/c1-8-4-9(6-10(16)5-8)14(19)18-13-3-2-11(17)7-12(13)15(20)21/h2-7H,1H3,(H,18,19)(H,20,21). The Morgan fingerprint density at radius 3 is 2.52 bits per heavy atom. The van der Waals surface area contributed by atoms with Crippen LogP contribution in [0.15, 0.2) is 40.9 Å². The predicted octanol–water partition coefficient (Wildman–Crippen LogP) is 4.31. The molecular weight excluding hydrogens is 449 g/mol. The van der Waals surface area contributed by atoms with Gasteiger partial charge in [0, 0.05) is 13.6 Å². The van der Waals surface area contributed by atoms with Gasteiger partial charge < -0.3 is 10.4 Å². The number of benzene rings is 2. The highest BCUT2D eigenvalue weighted by Crippen LogP contribution is 2.21. The molecule has 0 fully saturated rings. The number of carbonyl (C=O) groups excluding carboxylic acids is 1. The van der Waals surface area contributed by atoms with E-state index in [1.54, 1.807) is 24.3 Å². The van der Waals surface area contributed by atoms with E-state index in [-0.39, 0.29) is 17.2 Å². The largest absolute Gasteiger partial charge is 0.478 e. The van der Waals surface area contributed by atoms with E-state index in [1.807, 2.05) is 35.6 Å². The Bertz CT molecular complexity index is 711. The molecular formula is C15H11BrINO3. The number of hydrogen-bond donors (Lipinski definition) is 2. The molecule has 0 saturated heterocycles. The number of carbonyl (C=O) groups is 2. The van der Waals surface area contributed by atoms with E-state index in [2.05, 4.69) is 21.2 Å². The molecule has 0 heterocycles. The van der Waals surface area contributed by atoms with Gasteiger partial charge in [-0.05, 0) is 71.5 Å². The normalized spacial score (nSPS) is 10.2. The smallest absolute Gasteiger partial charge is 0.337 e. The highest BCUT2D eigenvalue weighted by Gasteiger charge is 2.14. The fourth-order valence-corrected chi connectivity index (χ4v) is 2.96. The van der Waals surface area contributed by atoms with E-state index in [9.17, 15) is 14.7 Å². The minimum Gasteiger partial charge on any atom is -0.478 e. The minimum atomic E-state index is -1.07. The molecule has 0 aliphatic heterocycles. The zero-order chi connectivity index (χ0) is 15.6. The summed E-state index contributed by atoms with van der Waals surface area (Å²) < 4.78 is 1.59. The molecule has 0 bridgehead atoms. The molecule has 4 nitrogen and oxygen atoms in total. The van der Waals surface area contributed by atoms with Crippen LogP contribution in [0.1, 0.15) is 26.3 Å². The quantitative estimate of drug-likeness (QED) is 0.672. The van der Waals surface area contributed by atoms with Crippen LogP contribution >= 0.6 is 38.5 Å². The lowest BCUT2D eigenvalue weighted by Crippen LogP contribution is -2.15.